The molecule has 0 fully saturated rings. The van der Waals surface area contributed by atoms with Crippen LogP contribution in [0.2, 0.25) is 0 Å². The molecule has 0 aliphatic heterocycles. The van der Waals surface area contributed by atoms with Crippen LogP contribution in [0.4, 0.5) is 0 Å². The summed E-state index contributed by atoms with van der Waals surface area (Å²) in [6, 6.07) is 3.60. The van der Waals surface area contributed by atoms with Gasteiger partial charge < -0.3 is 10.2 Å². The van der Waals surface area contributed by atoms with Crippen molar-refractivity contribution in [3.8, 4) is 11.5 Å². The Morgan fingerprint density at radius 3 is 2.33 bits per heavy atom. The molecule has 0 heterocycles. The molecule has 0 saturated heterocycles. The van der Waals surface area contributed by atoms with Crippen molar-refractivity contribution in [1.29, 1.82) is 0 Å². The maximum Gasteiger partial charge on any atom is 0.123 e. The first-order valence-electron chi connectivity index (χ1n) is 7.82. The summed E-state index contributed by atoms with van der Waals surface area (Å²) in [4.78, 5) is 0. The number of allylic oxidation sites excluding steroid dienone is 3. The molecule has 116 valence electrons. The van der Waals surface area contributed by atoms with Gasteiger partial charge in [-0.3, -0.25) is 0 Å². The quantitative estimate of drug-likeness (QED) is 0.725. The lowest BCUT2D eigenvalue weighted by Crippen LogP contribution is -2.03. The Hall–Kier alpha value is -1.70. The monoisotopic (exact) mass is 288 g/mol. The van der Waals surface area contributed by atoms with Crippen LogP contribution in [0.1, 0.15) is 63.5 Å². The Labute approximate surface area is 128 Å². The van der Waals surface area contributed by atoms with E-state index in [-0.39, 0.29) is 17.4 Å². The van der Waals surface area contributed by atoms with E-state index in [2.05, 4.69) is 26.5 Å². The van der Waals surface area contributed by atoms with E-state index in [1.807, 2.05) is 6.92 Å². The first kappa shape index (κ1) is 17.4. The topological polar surface area (TPSA) is 40.5 Å². The number of aromatic hydroxyl groups is 2. The van der Waals surface area contributed by atoms with Gasteiger partial charge in [-0.15, -0.1) is 6.58 Å². The number of benzene rings is 1. The Morgan fingerprint density at radius 1 is 1.29 bits per heavy atom. The summed E-state index contributed by atoms with van der Waals surface area (Å²) in [6.45, 7) is 9.46. The maximum absolute atomic E-state index is 10.1. The molecular weight excluding hydrogens is 260 g/mol. The van der Waals surface area contributed by atoms with Crippen molar-refractivity contribution in [3.05, 3.63) is 47.6 Å². The Kier molecular flexibility index (Phi) is 7.07. The van der Waals surface area contributed by atoms with Crippen LogP contribution < -0.4 is 0 Å². The number of hydrogen-bond acceptors (Lipinski definition) is 2. The minimum absolute atomic E-state index is 0.162. The number of hydrogen-bond donors (Lipinski definition) is 2. The van der Waals surface area contributed by atoms with Crippen LogP contribution in [0.25, 0.3) is 0 Å². The van der Waals surface area contributed by atoms with Crippen LogP contribution >= 0.6 is 0 Å². The molecule has 0 bridgehead atoms. The second-order valence-electron chi connectivity index (χ2n) is 5.72. The van der Waals surface area contributed by atoms with Crippen LogP contribution in [0, 0.1) is 0 Å². The molecule has 2 rings (SSSR count). The van der Waals surface area contributed by atoms with Crippen LogP contribution in [0.5, 0.6) is 11.5 Å². The molecule has 2 N–H and O–H groups in total. The molecule has 0 radical (unpaired) electrons. The van der Waals surface area contributed by atoms with Crippen molar-refractivity contribution < 1.29 is 10.2 Å². The number of rotatable bonds is 3. The lowest BCUT2D eigenvalue weighted by molar-refractivity contribution is 0.427. The molecule has 0 spiro atoms. The van der Waals surface area contributed by atoms with E-state index < -0.39 is 0 Å². The van der Waals surface area contributed by atoms with Crippen molar-refractivity contribution in [1.82, 2.24) is 0 Å². The molecule has 2 nitrogen and oxygen atoms in total. The highest BCUT2D eigenvalue weighted by atomic mass is 16.3. The second-order valence-corrected chi connectivity index (χ2v) is 5.72. The third-order valence-corrected chi connectivity index (χ3v) is 3.68. The van der Waals surface area contributed by atoms with Crippen molar-refractivity contribution in [3.63, 3.8) is 0 Å². The average molecular weight is 288 g/mol. The number of phenolic OH excluding ortho intramolecular Hbond substituents is 2. The second kappa shape index (κ2) is 8.56. The first-order chi connectivity index (χ1) is 10.0. The maximum atomic E-state index is 10.1. The van der Waals surface area contributed by atoms with Crippen molar-refractivity contribution >= 4 is 0 Å². The molecule has 1 aliphatic carbocycles. The van der Waals surface area contributed by atoms with Crippen LogP contribution in [0.15, 0.2) is 36.4 Å². The van der Waals surface area contributed by atoms with E-state index in [4.69, 9.17) is 0 Å². The summed E-state index contributed by atoms with van der Waals surface area (Å²) >= 11 is 0. The third kappa shape index (κ3) is 4.96. The summed E-state index contributed by atoms with van der Waals surface area (Å²) in [5.74, 6) is 0.651. The first-order valence-corrected chi connectivity index (χ1v) is 7.82. The van der Waals surface area contributed by atoms with Crippen molar-refractivity contribution in [2.45, 2.75) is 58.8 Å². The SMILES string of the molecule is C=CC.CCCc1cc(O)c([C@@H]2C=C(C)CCC2)c(O)c1. The fourth-order valence-corrected chi connectivity index (χ4v) is 2.83. The number of aryl methyl sites for hydroxylation is 1. The molecule has 1 aliphatic rings. The van der Waals surface area contributed by atoms with Crippen LogP contribution in [-0.2, 0) is 6.42 Å². The van der Waals surface area contributed by atoms with Gasteiger partial charge in [0, 0.05) is 11.5 Å². The Morgan fingerprint density at radius 2 is 1.86 bits per heavy atom. The zero-order valence-corrected chi connectivity index (χ0v) is 13.5. The standard InChI is InChI=1S/C16H22O2.C3H6/c1-3-5-12-9-14(17)16(15(18)10-12)13-7-4-6-11(2)8-13;1-3-2/h8-10,13,17-18H,3-7H2,1-2H3;3H,1H2,2H3/t13-;/m0./s1. The molecule has 1 aromatic carbocycles. The Balaban J connectivity index is 0.000000677. The summed E-state index contributed by atoms with van der Waals surface area (Å²) in [5, 5.41) is 20.3. The van der Waals surface area contributed by atoms with E-state index in [0.717, 1.165) is 37.7 Å². The lowest BCUT2D eigenvalue weighted by atomic mass is 9.84. The van der Waals surface area contributed by atoms with Gasteiger partial charge in [-0.05, 0) is 57.2 Å². The minimum atomic E-state index is 0.162. The molecule has 0 unspecified atom stereocenters. The van der Waals surface area contributed by atoms with E-state index in [1.54, 1.807) is 18.2 Å². The highest BCUT2D eigenvalue weighted by Gasteiger charge is 2.21. The van der Waals surface area contributed by atoms with Crippen LogP contribution in [0.3, 0.4) is 0 Å². The van der Waals surface area contributed by atoms with Gasteiger partial charge in [0.15, 0.2) is 0 Å². The van der Waals surface area contributed by atoms with Gasteiger partial charge in [0.2, 0.25) is 0 Å². The third-order valence-electron chi connectivity index (χ3n) is 3.68. The van der Waals surface area contributed by atoms with E-state index >= 15 is 0 Å². The minimum Gasteiger partial charge on any atom is -0.507 e. The van der Waals surface area contributed by atoms with Gasteiger partial charge in [0.05, 0.1) is 0 Å². The fourth-order valence-electron chi connectivity index (χ4n) is 2.83. The fraction of sp³-hybridized carbons (Fsp3) is 0.474. The predicted octanol–water partition coefficient (Wildman–Crippen LogP) is 5.46. The largest absolute Gasteiger partial charge is 0.507 e. The van der Waals surface area contributed by atoms with Gasteiger partial charge in [0.25, 0.3) is 0 Å². The molecule has 2 heteroatoms. The molecule has 1 atom stereocenters. The predicted molar refractivity (Wildman–Crippen MR) is 90.0 cm³/mol. The van der Waals surface area contributed by atoms with Gasteiger partial charge >= 0.3 is 0 Å². The smallest absolute Gasteiger partial charge is 0.123 e. The van der Waals surface area contributed by atoms with Gasteiger partial charge in [-0.25, -0.2) is 0 Å². The normalized spacial score (nSPS) is 17.5. The van der Waals surface area contributed by atoms with Crippen LogP contribution in [-0.4, -0.2) is 10.2 Å². The van der Waals surface area contributed by atoms with Gasteiger partial charge in [-0.2, -0.15) is 0 Å². The molecule has 1 aromatic rings. The van der Waals surface area contributed by atoms with E-state index in [9.17, 15) is 10.2 Å². The zero-order chi connectivity index (χ0) is 15.8. The van der Waals surface area contributed by atoms with E-state index in [1.165, 1.54) is 5.57 Å². The summed E-state index contributed by atoms with van der Waals surface area (Å²) < 4.78 is 0. The lowest BCUT2D eigenvalue weighted by Gasteiger charge is -2.22. The highest BCUT2D eigenvalue weighted by Crippen LogP contribution is 2.41. The molecule has 21 heavy (non-hydrogen) atoms. The number of phenols is 2. The van der Waals surface area contributed by atoms with E-state index in [0.29, 0.717) is 5.56 Å². The average Bonchev–Trinajstić information content (AvgIpc) is 2.39. The van der Waals surface area contributed by atoms with Gasteiger partial charge in [-0.1, -0.05) is 31.1 Å². The highest BCUT2D eigenvalue weighted by molar-refractivity contribution is 5.50. The summed E-state index contributed by atoms with van der Waals surface area (Å²) in [7, 11) is 0. The molecule has 0 aromatic heterocycles. The zero-order valence-electron chi connectivity index (χ0n) is 13.5. The molecular formula is C19H28O2. The summed E-state index contributed by atoms with van der Waals surface area (Å²) in [5.41, 5.74) is 3.06. The van der Waals surface area contributed by atoms with Crippen molar-refractivity contribution in [2.24, 2.45) is 0 Å². The molecule has 0 amide bonds. The molecule has 0 saturated carbocycles. The van der Waals surface area contributed by atoms with Crippen molar-refractivity contribution in [2.75, 3.05) is 0 Å². The van der Waals surface area contributed by atoms with Gasteiger partial charge in [0.1, 0.15) is 11.5 Å². The summed E-state index contributed by atoms with van der Waals surface area (Å²) in [6.07, 6.45) is 9.10. The Bertz CT molecular complexity index is 477.